The fourth-order valence-corrected chi connectivity index (χ4v) is 4.33. The average Bonchev–Trinajstić information content (AvgIpc) is 2.78. The minimum absolute atomic E-state index is 0.0196. The van der Waals surface area contributed by atoms with Crippen LogP contribution < -0.4 is 15.5 Å². The molecule has 2 N–H and O–H groups in total. The van der Waals surface area contributed by atoms with E-state index in [9.17, 15) is 14.4 Å². The van der Waals surface area contributed by atoms with Crippen LogP contribution in [-0.4, -0.2) is 17.6 Å². The van der Waals surface area contributed by atoms with E-state index in [2.05, 4.69) is 23.3 Å². The first kappa shape index (κ1) is 23.0. The maximum Gasteiger partial charge on any atom is 0.228 e. The molecular weight excluding hydrogens is 426 g/mol. The van der Waals surface area contributed by atoms with Gasteiger partial charge in [-0.3, -0.25) is 19.3 Å². The molecule has 0 radical (unpaired) electrons. The molecule has 3 aromatic carbocycles. The van der Waals surface area contributed by atoms with Crippen LogP contribution in [0, 0.1) is 0 Å². The van der Waals surface area contributed by atoms with Crippen molar-refractivity contribution in [1.82, 2.24) is 0 Å². The third-order valence-electron chi connectivity index (χ3n) is 5.86. The predicted molar refractivity (Wildman–Crippen MR) is 136 cm³/mol. The van der Waals surface area contributed by atoms with Crippen LogP contribution in [0.4, 0.5) is 17.1 Å². The number of carbonyl (C=O) groups excluding carboxylic acids is 3. The SMILES string of the molecule is C=C1C[C@@H](Nc2ccc(C(C)=O)cc2)c2cc(-c3cccc(NC(C)=O)c3)ccc2N1C(C)=O. The molecular formula is C28H27N3O3. The number of amides is 2. The van der Waals surface area contributed by atoms with Gasteiger partial charge in [-0.2, -0.15) is 0 Å². The molecule has 1 atom stereocenters. The van der Waals surface area contributed by atoms with E-state index in [1.54, 1.807) is 24.0 Å². The van der Waals surface area contributed by atoms with Crippen molar-refractivity contribution >= 4 is 34.7 Å². The second kappa shape index (κ2) is 9.35. The van der Waals surface area contributed by atoms with E-state index in [0.717, 1.165) is 39.4 Å². The number of hydrogen-bond acceptors (Lipinski definition) is 4. The van der Waals surface area contributed by atoms with Crippen LogP contribution in [0.15, 0.2) is 79.0 Å². The molecule has 0 unspecified atom stereocenters. The van der Waals surface area contributed by atoms with Crippen LogP contribution in [0.1, 0.15) is 49.2 Å². The second-order valence-corrected chi connectivity index (χ2v) is 8.49. The summed E-state index contributed by atoms with van der Waals surface area (Å²) < 4.78 is 0. The summed E-state index contributed by atoms with van der Waals surface area (Å²) in [4.78, 5) is 37.2. The summed E-state index contributed by atoms with van der Waals surface area (Å²) in [6.07, 6.45) is 0.552. The quantitative estimate of drug-likeness (QED) is 0.469. The standard InChI is InChI=1S/C28H27N3O3/c1-17-14-27(30-24-11-8-21(9-12-24)18(2)32)26-16-23(10-13-28(26)31(17)20(4)34)22-6-5-7-25(15-22)29-19(3)33/h5-13,15-16,27,30H,1,14H2,2-4H3,(H,29,33)/t27-/m1/s1. The molecule has 172 valence electrons. The van der Waals surface area contributed by atoms with Crippen molar-refractivity contribution in [3.63, 3.8) is 0 Å². The molecule has 0 saturated carbocycles. The largest absolute Gasteiger partial charge is 0.378 e. The number of rotatable bonds is 5. The van der Waals surface area contributed by atoms with E-state index in [1.165, 1.54) is 13.8 Å². The molecule has 0 bridgehead atoms. The fraction of sp³-hybridized carbons (Fsp3) is 0.179. The molecule has 3 aromatic rings. The lowest BCUT2D eigenvalue weighted by Crippen LogP contribution is -2.34. The summed E-state index contributed by atoms with van der Waals surface area (Å²) in [6.45, 7) is 8.71. The Hall–Kier alpha value is -4.19. The minimum atomic E-state index is -0.127. The zero-order valence-corrected chi connectivity index (χ0v) is 19.5. The highest BCUT2D eigenvalue weighted by Gasteiger charge is 2.30. The molecule has 0 saturated heterocycles. The highest BCUT2D eigenvalue weighted by atomic mass is 16.2. The number of nitrogens with one attached hydrogen (secondary N) is 2. The normalized spacial score (nSPS) is 14.9. The second-order valence-electron chi connectivity index (χ2n) is 8.49. The lowest BCUT2D eigenvalue weighted by molar-refractivity contribution is -0.116. The molecule has 6 nitrogen and oxygen atoms in total. The monoisotopic (exact) mass is 453 g/mol. The zero-order valence-electron chi connectivity index (χ0n) is 19.5. The number of carbonyl (C=O) groups is 3. The summed E-state index contributed by atoms with van der Waals surface area (Å²) in [6, 6.07) is 20.9. The van der Waals surface area contributed by atoms with Gasteiger partial charge in [-0.05, 0) is 72.1 Å². The number of hydrogen-bond donors (Lipinski definition) is 2. The van der Waals surface area contributed by atoms with Crippen molar-refractivity contribution in [3.8, 4) is 11.1 Å². The third-order valence-corrected chi connectivity index (χ3v) is 5.86. The van der Waals surface area contributed by atoms with Crippen LogP contribution >= 0.6 is 0 Å². The van der Waals surface area contributed by atoms with Gasteiger partial charge in [0.2, 0.25) is 11.8 Å². The number of anilines is 3. The van der Waals surface area contributed by atoms with Crippen LogP contribution in [0.3, 0.4) is 0 Å². The molecule has 1 aliphatic heterocycles. The maximum atomic E-state index is 12.4. The third kappa shape index (κ3) is 4.76. The van der Waals surface area contributed by atoms with Gasteiger partial charge in [0.15, 0.2) is 5.78 Å². The van der Waals surface area contributed by atoms with Gasteiger partial charge in [0.25, 0.3) is 0 Å². The first-order valence-electron chi connectivity index (χ1n) is 11.1. The van der Waals surface area contributed by atoms with E-state index in [1.807, 2.05) is 48.5 Å². The lowest BCUT2D eigenvalue weighted by Gasteiger charge is -2.36. The highest BCUT2D eigenvalue weighted by molar-refractivity contribution is 5.97. The van der Waals surface area contributed by atoms with Crippen molar-refractivity contribution in [1.29, 1.82) is 0 Å². The van der Waals surface area contributed by atoms with E-state index >= 15 is 0 Å². The van der Waals surface area contributed by atoms with Crippen LogP contribution in [-0.2, 0) is 9.59 Å². The van der Waals surface area contributed by atoms with Crippen molar-refractivity contribution in [2.24, 2.45) is 0 Å². The predicted octanol–water partition coefficient (Wildman–Crippen LogP) is 5.94. The first-order valence-corrected chi connectivity index (χ1v) is 11.1. The lowest BCUT2D eigenvalue weighted by atomic mass is 9.90. The average molecular weight is 454 g/mol. The zero-order chi connectivity index (χ0) is 24.4. The Morgan fingerprint density at radius 2 is 1.59 bits per heavy atom. The molecule has 0 fully saturated rings. The number of benzene rings is 3. The number of ketones is 1. The van der Waals surface area contributed by atoms with Gasteiger partial charge in [-0.15, -0.1) is 0 Å². The molecule has 1 heterocycles. The van der Waals surface area contributed by atoms with Crippen molar-refractivity contribution in [2.75, 3.05) is 15.5 Å². The molecule has 1 aliphatic rings. The number of fused-ring (bicyclic) bond motifs is 1. The Labute approximate surface area is 199 Å². The van der Waals surface area contributed by atoms with E-state index in [0.29, 0.717) is 12.0 Å². The minimum Gasteiger partial charge on any atom is -0.378 e. The summed E-state index contributed by atoms with van der Waals surface area (Å²) in [5.74, 6) is -0.194. The van der Waals surface area contributed by atoms with E-state index in [4.69, 9.17) is 0 Å². The molecule has 0 aliphatic carbocycles. The molecule has 2 amide bonds. The molecule has 0 spiro atoms. The number of Topliss-reactive ketones (excluding diaryl/α,β-unsaturated/α-hetero) is 1. The first-order chi connectivity index (χ1) is 16.2. The fourth-order valence-electron chi connectivity index (χ4n) is 4.33. The smallest absolute Gasteiger partial charge is 0.228 e. The van der Waals surface area contributed by atoms with Crippen LogP contribution in [0.5, 0.6) is 0 Å². The topological polar surface area (TPSA) is 78.5 Å². The Morgan fingerprint density at radius 1 is 0.882 bits per heavy atom. The number of nitrogens with zero attached hydrogens (tertiary/aromatic N) is 1. The Kier molecular flexibility index (Phi) is 6.32. The van der Waals surface area contributed by atoms with Gasteiger partial charge in [-0.25, -0.2) is 0 Å². The summed E-state index contributed by atoms with van der Waals surface area (Å²) in [5, 5.41) is 6.36. The van der Waals surface area contributed by atoms with Gasteiger partial charge >= 0.3 is 0 Å². The van der Waals surface area contributed by atoms with Crippen LogP contribution in [0.25, 0.3) is 11.1 Å². The van der Waals surface area contributed by atoms with Crippen molar-refractivity contribution in [2.45, 2.75) is 33.2 Å². The molecule has 34 heavy (non-hydrogen) atoms. The van der Waals surface area contributed by atoms with Gasteiger partial charge in [0.05, 0.1) is 11.7 Å². The van der Waals surface area contributed by atoms with Crippen molar-refractivity contribution in [3.05, 3.63) is 90.1 Å². The van der Waals surface area contributed by atoms with Crippen molar-refractivity contribution < 1.29 is 14.4 Å². The Morgan fingerprint density at radius 3 is 2.24 bits per heavy atom. The van der Waals surface area contributed by atoms with Gasteiger partial charge < -0.3 is 10.6 Å². The van der Waals surface area contributed by atoms with Gasteiger partial charge in [-0.1, -0.05) is 24.8 Å². The van der Waals surface area contributed by atoms with Crippen LogP contribution in [0.2, 0.25) is 0 Å². The van der Waals surface area contributed by atoms with Gasteiger partial charge in [0.1, 0.15) is 0 Å². The summed E-state index contributed by atoms with van der Waals surface area (Å²) in [7, 11) is 0. The maximum absolute atomic E-state index is 12.4. The molecule has 4 rings (SSSR count). The highest BCUT2D eigenvalue weighted by Crippen LogP contribution is 2.42. The summed E-state index contributed by atoms with van der Waals surface area (Å²) in [5.41, 5.74) is 6.67. The van der Waals surface area contributed by atoms with E-state index < -0.39 is 0 Å². The van der Waals surface area contributed by atoms with Gasteiger partial charge in [0, 0.05) is 42.9 Å². The Bertz CT molecular complexity index is 1290. The molecule has 0 aromatic heterocycles. The van der Waals surface area contributed by atoms with E-state index in [-0.39, 0.29) is 23.6 Å². The molecule has 6 heteroatoms. The Balaban J connectivity index is 1.74. The summed E-state index contributed by atoms with van der Waals surface area (Å²) >= 11 is 0.